The van der Waals surface area contributed by atoms with E-state index in [0.29, 0.717) is 10.3 Å². The number of nitrogens with zero attached hydrogens (tertiary/aromatic N) is 3. The summed E-state index contributed by atoms with van der Waals surface area (Å²) in [6.07, 6.45) is 1.93. The Morgan fingerprint density at radius 3 is 2.81 bits per heavy atom. The van der Waals surface area contributed by atoms with Gasteiger partial charge in [-0.15, -0.1) is 0 Å². The van der Waals surface area contributed by atoms with Crippen LogP contribution in [-0.4, -0.2) is 33.0 Å². The monoisotopic (exact) mass is 387 g/mol. The molecule has 0 saturated carbocycles. The summed E-state index contributed by atoms with van der Waals surface area (Å²) >= 11 is 8.35. The van der Waals surface area contributed by atoms with Gasteiger partial charge in [0.05, 0.1) is 22.9 Å². The van der Waals surface area contributed by atoms with Crippen molar-refractivity contribution in [1.29, 1.82) is 0 Å². The predicted molar refractivity (Wildman–Crippen MR) is 108 cm³/mol. The molecule has 0 radical (unpaired) electrons. The number of ether oxygens (including phenoxy) is 1. The van der Waals surface area contributed by atoms with E-state index in [1.165, 1.54) is 0 Å². The molecular formula is C20H22ClN3OS. The van der Waals surface area contributed by atoms with Crippen molar-refractivity contribution in [2.45, 2.75) is 44.2 Å². The zero-order valence-electron chi connectivity index (χ0n) is 15.1. The van der Waals surface area contributed by atoms with E-state index in [1.54, 1.807) is 0 Å². The summed E-state index contributed by atoms with van der Waals surface area (Å²) in [6.45, 7) is 7.23. The maximum absolute atomic E-state index is 6.52. The molecule has 2 aliphatic heterocycles. The molecule has 4 nitrogen and oxygen atoms in total. The second-order valence-corrected chi connectivity index (χ2v) is 8.81. The van der Waals surface area contributed by atoms with E-state index in [1.807, 2.05) is 56.1 Å². The van der Waals surface area contributed by atoms with E-state index in [9.17, 15) is 0 Å². The standard InChI is InChI=1S/C20H22ClN3OS/c1-12(2)25-17-8-7-14(10-15(17)21)19-18(16-6-4-5-9-22-16)23-20-24(19)11-13(3)26-20/h4-10,12-13,18-19H,11H2,1-3H3/t13-,18+,19-/m0/s1. The molecule has 0 unspecified atom stereocenters. The third-order valence-corrected chi connectivity index (χ3v) is 5.94. The van der Waals surface area contributed by atoms with Crippen LogP contribution in [0.15, 0.2) is 47.6 Å². The van der Waals surface area contributed by atoms with Crippen molar-refractivity contribution in [3.8, 4) is 5.75 Å². The highest BCUT2D eigenvalue weighted by Gasteiger charge is 2.43. The van der Waals surface area contributed by atoms with E-state index in [-0.39, 0.29) is 18.2 Å². The Kier molecular flexibility index (Phi) is 4.84. The number of rotatable bonds is 4. The van der Waals surface area contributed by atoms with Crippen LogP contribution < -0.4 is 4.74 Å². The van der Waals surface area contributed by atoms with E-state index >= 15 is 0 Å². The van der Waals surface area contributed by atoms with Gasteiger partial charge in [-0.3, -0.25) is 9.98 Å². The molecule has 0 N–H and O–H groups in total. The molecule has 26 heavy (non-hydrogen) atoms. The lowest BCUT2D eigenvalue weighted by Gasteiger charge is -2.27. The summed E-state index contributed by atoms with van der Waals surface area (Å²) in [5, 5.41) is 2.29. The normalized spacial score (nSPS) is 24.7. The van der Waals surface area contributed by atoms with Gasteiger partial charge < -0.3 is 9.64 Å². The minimum atomic E-state index is -0.0147. The molecule has 2 aromatic rings. The molecular weight excluding hydrogens is 366 g/mol. The largest absolute Gasteiger partial charge is 0.489 e. The number of aromatic nitrogens is 1. The van der Waals surface area contributed by atoms with Crippen molar-refractivity contribution < 1.29 is 4.74 Å². The van der Waals surface area contributed by atoms with E-state index in [4.69, 9.17) is 21.3 Å². The molecule has 0 spiro atoms. The van der Waals surface area contributed by atoms with Crippen LogP contribution in [0.4, 0.5) is 0 Å². The van der Waals surface area contributed by atoms with E-state index in [0.717, 1.165) is 28.7 Å². The first-order chi connectivity index (χ1) is 12.5. The van der Waals surface area contributed by atoms with Gasteiger partial charge >= 0.3 is 0 Å². The Bertz CT molecular complexity index is 827. The summed E-state index contributed by atoms with van der Waals surface area (Å²) in [4.78, 5) is 12.0. The first-order valence-corrected chi connectivity index (χ1v) is 10.2. The number of pyridine rings is 1. The first kappa shape index (κ1) is 17.7. The third-order valence-electron chi connectivity index (χ3n) is 4.54. The van der Waals surface area contributed by atoms with Gasteiger partial charge in [-0.05, 0) is 43.7 Å². The average Bonchev–Trinajstić information content (AvgIpc) is 3.13. The highest BCUT2D eigenvalue weighted by atomic mass is 35.5. The van der Waals surface area contributed by atoms with E-state index in [2.05, 4.69) is 28.9 Å². The number of halogens is 1. The molecule has 1 aromatic carbocycles. The van der Waals surface area contributed by atoms with Crippen molar-refractivity contribution in [2.75, 3.05) is 6.54 Å². The van der Waals surface area contributed by atoms with Gasteiger partial charge in [0.1, 0.15) is 11.8 Å². The van der Waals surface area contributed by atoms with Crippen LogP contribution in [0.3, 0.4) is 0 Å². The van der Waals surface area contributed by atoms with Crippen LogP contribution in [-0.2, 0) is 0 Å². The molecule has 0 aliphatic carbocycles. The summed E-state index contributed by atoms with van der Waals surface area (Å²) in [5.74, 6) is 0.725. The maximum atomic E-state index is 6.52. The molecule has 3 atom stereocenters. The zero-order chi connectivity index (χ0) is 18.3. The zero-order valence-corrected chi connectivity index (χ0v) is 16.7. The lowest BCUT2D eigenvalue weighted by molar-refractivity contribution is 0.242. The molecule has 1 saturated heterocycles. The van der Waals surface area contributed by atoms with Crippen molar-refractivity contribution >= 4 is 28.5 Å². The van der Waals surface area contributed by atoms with Crippen molar-refractivity contribution in [3.05, 3.63) is 58.9 Å². The average molecular weight is 388 g/mol. The number of amidine groups is 1. The predicted octanol–water partition coefficient (Wildman–Crippen LogP) is 5.11. The number of hydrogen-bond acceptors (Lipinski definition) is 5. The Morgan fingerprint density at radius 1 is 1.27 bits per heavy atom. The fourth-order valence-corrected chi connectivity index (χ4v) is 4.86. The molecule has 1 fully saturated rings. The number of aliphatic imine (C=N–C) groups is 1. The molecule has 0 bridgehead atoms. The lowest BCUT2D eigenvalue weighted by Crippen LogP contribution is -2.28. The summed E-state index contributed by atoms with van der Waals surface area (Å²) in [5.41, 5.74) is 2.14. The van der Waals surface area contributed by atoms with Gasteiger partial charge in [0.25, 0.3) is 0 Å². The van der Waals surface area contributed by atoms with Crippen molar-refractivity contribution in [3.63, 3.8) is 0 Å². The van der Waals surface area contributed by atoms with Gasteiger partial charge in [0.2, 0.25) is 0 Å². The summed E-state index contributed by atoms with van der Waals surface area (Å²) in [6, 6.07) is 12.2. The minimum absolute atomic E-state index is 0.0147. The van der Waals surface area contributed by atoms with Crippen LogP contribution in [0.5, 0.6) is 5.75 Å². The highest BCUT2D eigenvalue weighted by Crippen LogP contribution is 2.48. The SMILES string of the molecule is CC(C)Oc1ccc([C@H]2[C@@H](c3ccccn3)N=C3S[C@@H](C)CN32)cc1Cl. The van der Waals surface area contributed by atoms with Crippen LogP contribution in [0.2, 0.25) is 5.02 Å². The Balaban J connectivity index is 1.71. The van der Waals surface area contributed by atoms with Crippen LogP contribution in [0.1, 0.15) is 44.1 Å². The molecule has 1 aromatic heterocycles. The van der Waals surface area contributed by atoms with E-state index < -0.39 is 0 Å². The van der Waals surface area contributed by atoms with Crippen LogP contribution in [0.25, 0.3) is 0 Å². The van der Waals surface area contributed by atoms with Gasteiger partial charge in [0.15, 0.2) is 5.17 Å². The molecule has 4 rings (SSSR count). The first-order valence-electron chi connectivity index (χ1n) is 8.91. The van der Waals surface area contributed by atoms with Crippen molar-refractivity contribution in [1.82, 2.24) is 9.88 Å². The van der Waals surface area contributed by atoms with Crippen LogP contribution in [0, 0.1) is 0 Å². The fraction of sp³-hybridized carbons (Fsp3) is 0.400. The maximum Gasteiger partial charge on any atom is 0.160 e. The molecule has 3 heterocycles. The number of thioether (sulfide) groups is 1. The van der Waals surface area contributed by atoms with Gasteiger partial charge in [-0.1, -0.05) is 42.4 Å². The fourth-order valence-electron chi connectivity index (χ4n) is 3.53. The topological polar surface area (TPSA) is 37.7 Å². The molecule has 2 aliphatic rings. The van der Waals surface area contributed by atoms with Crippen LogP contribution >= 0.6 is 23.4 Å². The highest BCUT2D eigenvalue weighted by molar-refractivity contribution is 8.14. The summed E-state index contributed by atoms with van der Waals surface area (Å²) in [7, 11) is 0. The Morgan fingerprint density at radius 2 is 2.12 bits per heavy atom. The second kappa shape index (κ2) is 7.12. The number of benzene rings is 1. The van der Waals surface area contributed by atoms with Gasteiger partial charge in [-0.25, -0.2) is 0 Å². The van der Waals surface area contributed by atoms with Crippen molar-refractivity contribution in [2.24, 2.45) is 4.99 Å². The second-order valence-electron chi connectivity index (χ2n) is 6.99. The third kappa shape index (κ3) is 3.30. The lowest BCUT2D eigenvalue weighted by atomic mass is 9.96. The molecule has 136 valence electrons. The smallest absolute Gasteiger partial charge is 0.160 e. The van der Waals surface area contributed by atoms with Gasteiger partial charge in [0, 0.05) is 18.0 Å². The van der Waals surface area contributed by atoms with Gasteiger partial charge in [-0.2, -0.15) is 0 Å². The minimum Gasteiger partial charge on any atom is -0.489 e. The number of hydrogen-bond donors (Lipinski definition) is 0. The molecule has 6 heteroatoms. The Hall–Kier alpha value is -1.72. The molecule has 0 amide bonds. The quantitative estimate of drug-likeness (QED) is 0.730. The number of fused-ring (bicyclic) bond motifs is 1. The Labute approximate surface area is 163 Å². The summed E-state index contributed by atoms with van der Waals surface area (Å²) < 4.78 is 5.79.